The van der Waals surface area contributed by atoms with Gasteiger partial charge in [-0.25, -0.2) is 9.98 Å². The summed E-state index contributed by atoms with van der Waals surface area (Å²) in [5.74, 6) is 0.439. The van der Waals surface area contributed by atoms with Crippen LogP contribution >= 0.6 is 0 Å². The molecule has 118 valence electrons. The first kappa shape index (κ1) is 14.7. The number of nitrogens with two attached hydrogens (primary N) is 2. The Morgan fingerprint density at radius 3 is 2.74 bits per heavy atom. The van der Waals surface area contributed by atoms with Crippen molar-refractivity contribution in [3.8, 4) is 0 Å². The molecule has 0 aliphatic rings. The normalized spacial score (nSPS) is 12.0. The fourth-order valence-electron chi connectivity index (χ4n) is 2.20. The van der Waals surface area contributed by atoms with Crippen molar-refractivity contribution < 1.29 is 0 Å². The first-order valence-corrected chi connectivity index (χ1v) is 7.08. The molecule has 1 aromatic carbocycles. The molecule has 0 amide bonds. The molecule has 3 aromatic rings. The lowest BCUT2D eigenvalue weighted by molar-refractivity contribution is 0.781. The van der Waals surface area contributed by atoms with E-state index in [4.69, 9.17) is 11.5 Å². The number of aliphatic imine (C=N–C) groups is 1. The van der Waals surface area contributed by atoms with E-state index in [-0.39, 0.29) is 12.0 Å². The second-order valence-corrected chi connectivity index (χ2v) is 5.00. The van der Waals surface area contributed by atoms with Gasteiger partial charge < -0.3 is 16.8 Å². The van der Waals surface area contributed by atoms with Crippen molar-refractivity contribution >= 4 is 23.1 Å². The summed E-state index contributed by atoms with van der Waals surface area (Å²) in [6.45, 7) is 2.43. The number of hydrogen-bond donors (Lipinski definition) is 4. The van der Waals surface area contributed by atoms with Crippen LogP contribution in [0.25, 0.3) is 11.2 Å². The molecule has 9 heteroatoms. The molecule has 0 bridgehead atoms. The van der Waals surface area contributed by atoms with Crippen molar-refractivity contribution in [2.45, 2.75) is 19.5 Å². The molecule has 1 atom stereocenters. The highest BCUT2D eigenvalue weighted by atomic mass is 15.4. The summed E-state index contributed by atoms with van der Waals surface area (Å²) in [7, 11) is 0. The highest BCUT2D eigenvalue weighted by Crippen LogP contribution is 2.22. The van der Waals surface area contributed by atoms with Crippen LogP contribution in [0, 0.1) is 0 Å². The minimum atomic E-state index is -0.354. The smallest absolute Gasteiger partial charge is 0.225 e. The summed E-state index contributed by atoms with van der Waals surface area (Å²) in [5, 5.41) is 13.8. The van der Waals surface area contributed by atoms with E-state index in [0.717, 1.165) is 5.56 Å². The Hall–Kier alpha value is -3.23. The number of nitrogens with one attached hydrogen (secondary N) is 2. The van der Waals surface area contributed by atoms with E-state index in [1.807, 2.05) is 37.3 Å². The molecule has 0 spiro atoms. The number of anilines is 1. The molecule has 23 heavy (non-hydrogen) atoms. The van der Waals surface area contributed by atoms with Crippen LogP contribution < -0.4 is 16.8 Å². The lowest BCUT2D eigenvalue weighted by Gasteiger charge is -2.10. The van der Waals surface area contributed by atoms with Gasteiger partial charge in [0.15, 0.2) is 11.5 Å². The number of hydrogen-bond acceptors (Lipinski definition) is 6. The highest BCUT2D eigenvalue weighted by molar-refractivity contribution is 5.77. The van der Waals surface area contributed by atoms with E-state index in [0.29, 0.717) is 29.4 Å². The van der Waals surface area contributed by atoms with Gasteiger partial charge in [-0.15, -0.1) is 5.10 Å². The molecule has 6 N–H and O–H groups in total. The zero-order chi connectivity index (χ0) is 16.2. The Bertz CT molecular complexity index is 821. The van der Waals surface area contributed by atoms with Gasteiger partial charge in [-0.3, -0.25) is 0 Å². The van der Waals surface area contributed by atoms with E-state index >= 15 is 0 Å². The van der Waals surface area contributed by atoms with E-state index in [2.05, 4.69) is 35.7 Å². The molecular weight excluding hydrogens is 294 g/mol. The number of rotatable bonds is 5. The number of aromatic nitrogens is 5. The van der Waals surface area contributed by atoms with E-state index < -0.39 is 0 Å². The third-order valence-corrected chi connectivity index (χ3v) is 3.24. The van der Waals surface area contributed by atoms with Crippen LogP contribution in [-0.4, -0.2) is 31.3 Å². The molecule has 0 fully saturated rings. The first-order chi connectivity index (χ1) is 11.1. The summed E-state index contributed by atoms with van der Waals surface area (Å²) >= 11 is 0. The van der Waals surface area contributed by atoms with Crippen LogP contribution in [-0.2, 0) is 6.54 Å². The zero-order valence-corrected chi connectivity index (χ0v) is 12.6. The first-order valence-electron chi connectivity index (χ1n) is 7.08. The minimum absolute atomic E-state index is 0.00782. The van der Waals surface area contributed by atoms with Gasteiger partial charge in [0.05, 0.1) is 6.04 Å². The number of benzene rings is 1. The standard InChI is InChI=1S/C14H17N9/c1-8(18-13(15)16)10-11-12(22-23-21-11)20-14(19-10)17-7-9-5-3-2-4-6-9/h2-6,8H,7H2,1H3,(H4,15,16,18)(H2,17,19,20,21,22,23). The van der Waals surface area contributed by atoms with Crippen molar-refractivity contribution in [2.75, 3.05) is 5.32 Å². The maximum absolute atomic E-state index is 5.45. The summed E-state index contributed by atoms with van der Waals surface area (Å²) in [5.41, 5.74) is 13.6. The zero-order valence-electron chi connectivity index (χ0n) is 12.6. The maximum Gasteiger partial charge on any atom is 0.225 e. The second-order valence-electron chi connectivity index (χ2n) is 5.00. The Labute approximate surface area is 132 Å². The lowest BCUT2D eigenvalue weighted by Crippen LogP contribution is -2.23. The van der Waals surface area contributed by atoms with Gasteiger partial charge >= 0.3 is 0 Å². The average Bonchev–Trinajstić information content (AvgIpc) is 3.00. The monoisotopic (exact) mass is 311 g/mol. The SMILES string of the molecule is CC(N=C(N)N)c1nc(NCc2ccccc2)nc2n[nH]nc12. The quantitative estimate of drug-likeness (QED) is 0.401. The van der Waals surface area contributed by atoms with E-state index in [1.54, 1.807) is 0 Å². The van der Waals surface area contributed by atoms with Crippen molar-refractivity contribution in [3.05, 3.63) is 41.6 Å². The summed E-state index contributed by atoms with van der Waals surface area (Å²) < 4.78 is 0. The summed E-state index contributed by atoms with van der Waals surface area (Å²) in [6.07, 6.45) is 0. The summed E-state index contributed by atoms with van der Waals surface area (Å²) in [6, 6.07) is 9.61. The van der Waals surface area contributed by atoms with Crippen molar-refractivity contribution in [1.82, 2.24) is 25.4 Å². The fraction of sp³-hybridized carbons (Fsp3) is 0.214. The molecule has 3 rings (SSSR count). The van der Waals surface area contributed by atoms with Gasteiger partial charge in [0, 0.05) is 6.54 Å². The van der Waals surface area contributed by atoms with Gasteiger partial charge in [-0.1, -0.05) is 30.3 Å². The molecule has 0 saturated carbocycles. The fourth-order valence-corrected chi connectivity index (χ4v) is 2.20. The number of fused-ring (bicyclic) bond motifs is 1. The molecule has 9 nitrogen and oxygen atoms in total. The molecule has 2 aromatic heterocycles. The van der Waals surface area contributed by atoms with Gasteiger partial charge in [-0.05, 0) is 12.5 Å². The number of aromatic amines is 1. The molecule has 0 saturated heterocycles. The van der Waals surface area contributed by atoms with Crippen LogP contribution in [0.4, 0.5) is 5.95 Å². The highest BCUT2D eigenvalue weighted by Gasteiger charge is 2.16. The van der Waals surface area contributed by atoms with Gasteiger partial charge in [0.1, 0.15) is 5.69 Å². The van der Waals surface area contributed by atoms with E-state index in [9.17, 15) is 0 Å². The number of nitrogens with zero attached hydrogens (tertiary/aromatic N) is 5. The predicted octanol–water partition coefficient (Wildman–Crippen LogP) is 0.694. The van der Waals surface area contributed by atoms with Crippen LogP contribution in [0.2, 0.25) is 0 Å². The molecule has 1 unspecified atom stereocenters. The van der Waals surface area contributed by atoms with E-state index in [1.165, 1.54) is 0 Å². The molecule has 2 heterocycles. The maximum atomic E-state index is 5.45. The van der Waals surface area contributed by atoms with Gasteiger partial charge in [0.25, 0.3) is 0 Å². The third kappa shape index (κ3) is 3.34. The molecule has 0 aliphatic carbocycles. The molecule has 0 radical (unpaired) electrons. The lowest BCUT2D eigenvalue weighted by atomic mass is 10.2. The molecule has 0 aliphatic heterocycles. The topological polar surface area (TPSA) is 144 Å². The van der Waals surface area contributed by atoms with Gasteiger partial charge in [-0.2, -0.15) is 15.3 Å². The van der Waals surface area contributed by atoms with Crippen molar-refractivity contribution in [1.29, 1.82) is 0 Å². The average molecular weight is 311 g/mol. The predicted molar refractivity (Wildman–Crippen MR) is 87.5 cm³/mol. The molecular formula is C14H17N9. The summed E-state index contributed by atoms with van der Waals surface area (Å²) in [4.78, 5) is 12.9. The Morgan fingerprint density at radius 2 is 2.00 bits per heavy atom. The Balaban J connectivity index is 1.90. The second kappa shape index (κ2) is 6.26. The number of H-pyrrole nitrogens is 1. The van der Waals surface area contributed by atoms with Gasteiger partial charge in [0.2, 0.25) is 11.6 Å². The van der Waals surface area contributed by atoms with Crippen LogP contribution in [0.1, 0.15) is 24.2 Å². The Morgan fingerprint density at radius 1 is 1.22 bits per heavy atom. The minimum Gasteiger partial charge on any atom is -0.370 e. The number of guanidine groups is 1. The van der Waals surface area contributed by atoms with Crippen LogP contribution in [0.15, 0.2) is 35.3 Å². The van der Waals surface area contributed by atoms with Crippen molar-refractivity contribution in [3.63, 3.8) is 0 Å². The largest absolute Gasteiger partial charge is 0.370 e. The third-order valence-electron chi connectivity index (χ3n) is 3.24. The van der Waals surface area contributed by atoms with Crippen LogP contribution in [0.5, 0.6) is 0 Å². The Kier molecular flexibility index (Phi) is 4.00. The van der Waals surface area contributed by atoms with Crippen LogP contribution in [0.3, 0.4) is 0 Å². The van der Waals surface area contributed by atoms with Crippen molar-refractivity contribution in [2.24, 2.45) is 16.5 Å².